The number of H-pyrrole nitrogens is 1. The van der Waals surface area contributed by atoms with Gasteiger partial charge in [0.25, 0.3) is 5.56 Å². The first kappa shape index (κ1) is 19.9. The highest BCUT2D eigenvalue weighted by molar-refractivity contribution is 5.81. The van der Waals surface area contributed by atoms with Crippen LogP contribution in [0.15, 0.2) is 64.3 Å². The van der Waals surface area contributed by atoms with Crippen LogP contribution in [-0.4, -0.2) is 54.9 Å². The van der Waals surface area contributed by atoms with E-state index in [9.17, 15) is 30.0 Å². The van der Waals surface area contributed by atoms with Crippen LogP contribution in [-0.2, 0) is 10.3 Å². The Labute approximate surface area is 175 Å². The Bertz CT molecular complexity index is 1240. The molecule has 2 heterocycles. The Morgan fingerprint density at radius 2 is 1.52 bits per heavy atom. The number of aliphatic hydroxyl groups excluding tert-OH is 3. The number of rotatable bonds is 3. The summed E-state index contributed by atoms with van der Waals surface area (Å²) in [7, 11) is 0. The Morgan fingerprint density at radius 1 is 0.935 bits per heavy atom. The van der Waals surface area contributed by atoms with E-state index in [-0.39, 0.29) is 5.56 Å². The molecule has 0 spiro atoms. The van der Waals surface area contributed by atoms with Gasteiger partial charge in [-0.1, -0.05) is 48.5 Å². The minimum absolute atomic E-state index is 0.137. The number of benzene rings is 2. The van der Waals surface area contributed by atoms with Gasteiger partial charge in [-0.2, -0.15) is 0 Å². The largest absolute Gasteiger partial charge is 0.394 e. The molecule has 1 fully saturated rings. The normalized spacial score (nSPS) is 25.9. The number of nitrogens with zero attached hydrogens (tertiary/aromatic N) is 1. The monoisotopic (exact) mass is 424 g/mol. The lowest BCUT2D eigenvalue weighted by Crippen LogP contribution is -2.42. The fraction of sp³-hybridized carbons (Fsp3) is 0.273. The molecule has 1 aliphatic heterocycles. The van der Waals surface area contributed by atoms with Gasteiger partial charge in [0.05, 0.1) is 12.2 Å². The van der Waals surface area contributed by atoms with Crippen molar-refractivity contribution in [3.8, 4) is 11.1 Å². The molecule has 31 heavy (non-hydrogen) atoms. The molecule has 0 bridgehead atoms. The predicted molar refractivity (Wildman–Crippen MR) is 108 cm³/mol. The van der Waals surface area contributed by atoms with Crippen LogP contribution in [0.1, 0.15) is 22.9 Å². The second-order valence-electron chi connectivity index (χ2n) is 7.74. The first-order valence-corrected chi connectivity index (χ1v) is 9.78. The van der Waals surface area contributed by atoms with Crippen molar-refractivity contribution >= 4 is 0 Å². The maximum atomic E-state index is 12.9. The van der Waals surface area contributed by atoms with E-state index in [1.165, 1.54) is 0 Å². The van der Waals surface area contributed by atoms with E-state index in [1.807, 2.05) is 24.3 Å². The Morgan fingerprint density at radius 3 is 2.06 bits per heavy atom. The number of ether oxygens (including phenoxy) is 1. The minimum Gasteiger partial charge on any atom is -0.394 e. The number of aliphatic hydroxyl groups is 4. The van der Waals surface area contributed by atoms with Crippen molar-refractivity contribution in [1.29, 1.82) is 0 Å². The van der Waals surface area contributed by atoms with E-state index in [4.69, 9.17) is 4.74 Å². The molecule has 1 aromatic heterocycles. The summed E-state index contributed by atoms with van der Waals surface area (Å²) in [6.07, 6.45) is -4.26. The van der Waals surface area contributed by atoms with Crippen molar-refractivity contribution in [2.75, 3.05) is 6.61 Å². The molecular formula is C22H20N2O7. The van der Waals surface area contributed by atoms with Gasteiger partial charge in [0.2, 0.25) is 0 Å². The van der Waals surface area contributed by atoms with Gasteiger partial charge in [-0.15, -0.1) is 0 Å². The number of fused-ring (bicyclic) bond motifs is 3. The molecule has 160 valence electrons. The van der Waals surface area contributed by atoms with Gasteiger partial charge in [0.15, 0.2) is 6.23 Å². The highest BCUT2D eigenvalue weighted by Crippen LogP contribution is 2.49. The third kappa shape index (κ3) is 2.68. The van der Waals surface area contributed by atoms with Gasteiger partial charge in [-0.25, -0.2) is 4.79 Å². The molecule has 2 aromatic carbocycles. The van der Waals surface area contributed by atoms with Gasteiger partial charge < -0.3 is 25.2 Å². The lowest BCUT2D eigenvalue weighted by molar-refractivity contribution is -0.0554. The molecule has 0 radical (unpaired) electrons. The Hall–Kier alpha value is -3.08. The molecule has 0 amide bonds. The molecule has 0 unspecified atom stereocenters. The molecule has 2 aliphatic rings. The van der Waals surface area contributed by atoms with Gasteiger partial charge in [-0.3, -0.25) is 14.3 Å². The van der Waals surface area contributed by atoms with E-state index in [0.29, 0.717) is 11.1 Å². The van der Waals surface area contributed by atoms with E-state index >= 15 is 0 Å². The predicted octanol–water partition coefficient (Wildman–Crippen LogP) is -0.587. The Balaban J connectivity index is 1.73. The average molecular weight is 424 g/mol. The molecule has 1 saturated heterocycles. The highest BCUT2D eigenvalue weighted by atomic mass is 16.6. The van der Waals surface area contributed by atoms with Crippen LogP contribution in [0.5, 0.6) is 0 Å². The molecule has 1 aliphatic carbocycles. The fourth-order valence-electron chi connectivity index (χ4n) is 4.54. The topological polar surface area (TPSA) is 145 Å². The zero-order chi connectivity index (χ0) is 21.9. The van der Waals surface area contributed by atoms with Crippen molar-refractivity contribution in [2.24, 2.45) is 0 Å². The van der Waals surface area contributed by atoms with E-state index < -0.39 is 48.0 Å². The SMILES string of the molecule is O=c1[nH]c(=O)n([C@@H]2O[C@H](CO)[C@@H](O)[C@H]2O)cc1C1(O)c2ccccc2-c2ccccc21. The summed E-state index contributed by atoms with van der Waals surface area (Å²) in [4.78, 5) is 27.6. The summed E-state index contributed by atoms with van der Waals surface area (Å²) in [6, 6.07) is 14.2. The second-order valence-corrected chi connectivity index (χ2v) is 7.74. The van der Waals surface area contributed by atoms with Crippen LogP contribution in [0.3, 0.4) is 0 Å². The van der Waals surface area contributed by atoms with Crippen LogP contribution >= 0.6 is 0 Å². The fourth-order valence-corrected chi connectivity index (χ4v) is 4.54. The number of aromatic nitrogens is 2. The quantitative estimate of drug-likeness (QED) is 0.378. The molecule has 4 atom stereocenters. The lowest BCUT2D eigenvalue weighted by Gasteiger charge is -2.27. The summed E-state index contributed by atoms with van der Waals surface area (Å²) in [5.41, 5.74) is -1.19. The van der Waals surface area contributed by atoms with Crippen molar-refractivity contribution in [3.05, 3.63) is 92.3 Å². The second kappa shape index (κ2) is 6.98. The third-order valence-electron chi connectivity index (χ3n) is 6.07. The molecule has 5 N–H and O–H groups in total. The van der Waals surface area contributed by atoms with Crippen molar-refractivity contribution in [1.82, 2.24) is 9.55 Å². The first-order valence-electron chi connectivity index (χ1n) is 9.78. The summed E-state index contributed by atoms with van der Waals surface area (Å²) in [5.74, 6) is 0. The zero-order valence-corrected chi connectivity index (χ0v) is 16.2. The van der Waals surface area contributed by atoms with Crippen LogP contribution in [0.4, 0.5) is 0 Å². The number of aromatic amines is 1. The molecule has 9 nitrogen and oxygen atoms in total. The van der Waals surface area contributed by atoms with Crippen LogP contribution < -0.4 is 11.2 Å². The van der Waals surface area contributed by atoms with Gasteiger partial charge in [0, 0.05) is 17.3 Å². The summed E-state index contributed by atoms with van der Waals surface area (Å²) >= 11 is 0. The molecule has 5 rings (SSSR count). The highest BCUT2D eigenvalue weighted by Gasteiger charge is 2.47. The smallest absolute Gasteiger partial charge is 0.330 e. The van der Waals surface area contributed by atoms with Gasteiger partial charge >= 0.3 is 5.69 Å². The zero-order valence-electron chi connectivity index (χ0n) is 16.2. The minimum atomic E-state index is -1.85. The van der Waals surface area contributed by atoms with E-state index in [0.717, 1.165) is 21.9 Å². The molecule has 9 heteroatoms. The maximum Gasteiger partial charge on any atom is 0.330 e. The van der Waals surface area contributed by atoms with Crippen LogP contribution in [0, 0.1) is 0 Å². The van der Waals surface area contributed by atoms with E-state index in [2.05, 4.69) is 4.98 Å². The summed E-state index contributed by atoms with van der Waals surface area (Å²) < 4.78 is 6.36. The summed E-state index contributed by atoms with van der Waals surface area (Å²) in [6.45, 7) is -0.565. The van der Waals surface area contributed by atoms with Crippen molar-refractivity contribution < 1.29 is 25.2 Å². The lowest BCUT2D eigenvalue weighted by atomic mass is 9.85. The third-order valence-corrected chi connectivity index (χ3v) is 6.07. The summed E-state index contributed by atoms with van der Waals surface area (Å²) in [5, 5.41) is 41.6. The average Bonchev–Trinajstić information content (AvgIpc) is 3.21. The molecule has 3 aromatic rings. The number of nitrogens with one attached hydrogen (secondary N) is 1. The van der Waals surface area contributed by atoms with Crippen molar-refractivity contribution in [2.45, 2.75) is 30.1 Å². The van der Waals surface area contributed by atoms with Gasteiger partial charge in [-0.05, 0) is 11.1 Å². The number of hydrogen-bond acceptors (Lipinski definition) is 7. The van der Waals surface area contributed by atoms with E-state index in [1.54, 1.807) is 24.3 Å². The van der Waals surface area contributed by atoms with Crippen LogP contribution in [0.2, 0.25) is 0 Å². The van der Waals surface area contributed by atoms with Crippen LogP contribution in [0.25, 0.3) is 11.1 Å². The molecular weight excluding hydrogens is 404 g/mol. The maximum absolute atomic E-state index is 12.9. The standard InChI is InChI=1S/C22H20N2O7/c25-10-16-17(26)18(27)20(31-16)24-9-15(19(28)23-21(24)29)22(30)13-7-3-1-5-11(13)12-6-2-4-8-14(12)22/h1-9,16-18,20,25-27,30H,10H2,(H,23,28,29)/t16-,17-,18-,20-/m1/s1. The first-order chi connectivity index (χ1) is 14.9. The number of hydrogen-bond donors (Lipinski definition) is 5. The van der Waals surface area contributed by atoms with Crippen molar-refractivity contribution in [3.63, 3.8) is 0 Å². The Kier molecular flexibility index (Phi) is 4.47. The van der Waals surface area contributed by atoms with Gasteiger partial charge in [0.1, 0.15) is 23.9 Å². The molecule has 0 saturated carbocycles.